The Bertz CT molecular complexity index is 508. The Hall–Kier alpha value is -2.23. The van der Waals surface area contributed by atoms with Crippen LogP contribution in [-0.2, 0) is 0 Å². The molecule has 0 bridgehead atoms. The van der Waals surface area contributed by atoms with Crippen LogP contribution in [0.3, 0.4) is 0 Å². The molecular formula is C14H15N3O. The number of hydrogen-bond acceptors (Lipinski definition) is 3. The van der Waals surface area contributed by atoms with Crippen LogP contribution < -0.4 is 5.32 Å². The maximum absolute atomic E-state index is 11.7. The van der Waals surface area contributed by atoms with Crippen LogP contribution in [0.5, 0.6) is 0 Å². The first-order valence-corrected chi connectivity index (χ1v) is 5.97. The minimum absolute atomic E-state index is 0.0862. The Kier molecular flexibility index (Phi) is 4.02. The number of nitrogens with one attached hydrogen (secondary N) is 1. The maximum Gasteiger partial charge on any atom is 0.252 e. The summed E-state index contributed by atoms with van der Waals surface area (Å²) in [5.74, 6) is -0.0862. The highest BCUT2D eigenvalue weighted by atomic mass is 16.1. The van der Waals surface area contributed by atoms with Gasteiger partial charge in [0.15, 0.2) is 0 Å². The van der Waals surface area contributed by atoms with Crippen molar-refractivity contribution in [1.82, 2.24) is 15.3 Å². The van der Waals surface area contributed by atoms with E-state index in [0.29, 0.717) is 12.1 Å². The monoisotopic (exact) mass is 241 g/mol. The molecule has 2 aromatic rings. The van der Waals surface area contributed by atoms with E-state index >= 15 is 0 Å². The summed E-state index contributed by atoms with van der Waals surface area (Å²) in [5.41, 5.74) is 2.14. The third-order valence-electron chi connectivity index (χ3n) is 2.49. The highest BCUT2D eigenvalue weighted by molar-refractivity contribution is 5.94. The highest BCUT2D eigenvalue weighted by Gasteiger charge is 2.06. The number of amides is 1. The summed E-state index contributed by atoms with van der Waals surface area (Å²) in [7, 11) is 0. The van der Waals surface area contributed by atoms with Gasteiger partial charge in [-0.2, -0.15) is 0 Å². The predicted molar refractivity (Wildman–Crippen MR) is 70.1 cm³/mol. The Balaban J connectivity index is 2.13. The molecule has 2 aromatic heterocycles. The van der Waals surface area contributed by atoms with Crippen molar-refractivity contribution in [3.05, 3.63) is 48.3 Å². The van der Waals surface area contributed by atoms with Gasteiger partial charge in [0.2, 0.25) is 0 Å². The number of rotatable bonds is 4. The van der Waals surface area contributed by atoms with E-state index in [-0.39, 0.29) is 5.91 Å². The molecule has 4 nitrogen and oxygen atoms in total. The molecule has 1 N–H and O–H groups in total. The fraction of sp³-hybridized carbons (Fsp3) is 0.214. The molecule has 0 unspecified atom stereocenters. The van der Waals surface area contributed by atoms with Gasteiger partial charge in [0.1, 0.15) is 0 Å². The normalized spacial score (nSPS) is 10.1. The standard InChI is InChI=1S/C14H15N3O/c1-2-8-16-14(18)11-6-7-13(17-10-11)12-5-3-4-9-15-12/h3-7,9-10H,2,8H2,1H3,(H,16,18). The zero-order chi connectivity index (χ0) is 12.8. The summed E-state index contributed by atoms with van der Waals surface area (Å²) in [6.45, 7) is 2.70. The average Bonchev–Trinajstić information content (AvgIpc) is 2.46. The molecule has 4 heteroatoms. The summed E-state index contributed by atoms with van der Waals surface area (Å²) < 4.78 is 0. The van der Waals surface area contributed by atoms with Crippen LogP contribution in [0.25, 0.3) is 11.4 Å². The van der Waals surface area contributed by atoms with Gasteiger partial charge in [-0.1, -0.05) is 13.0 Å². The Morgan fingerprint density at radius 2 is 2.00 bits per heavy atom. The van der Waals surface area contributed by atoms with Crippen molar-refractivity contribution in [3.8, 4) is 11.4 Å². The molecule has 0 aliphatic rings. The number of carbonyl (C=O) groups is 1. The molecule has 0 saturated heterocycles. The van der Waals surface area contributed by atoms with Crippen LogP contribution in [0.1, 0.15) is 23.7 Å². The molecule has 0 aromatic carbocycles. The van der Waals surface area contributed by atoms with Crippen molar-refractivity contribution in [3.63, 3.8) is 0 Å². The van der Waals surface area contributed by atoms with E-state index < -0.39 is 0 Å². The summed E-state index contributed by atoms with van der Waals surface area (Å²) in [6, 6.07) is 9.23. The topological polar surface area (TPSA) is 54.9 Å². The van der Waals surface area contributed by atoms with E-state index in [1.807, 2.05) is 31.2 Å². The summed E-state index contributed by atoms with van der Waals surface area (Å²) in [5, 5.41) is 2.81. The first-order valence-electron chi connectivity index (χ1n) is 5.97. The fourth-order valence-electron chi connectivity index (χ4n) is 1.53. The number of aromatic nitrogens is 2. The smallest absolute Gasteiger partial charge is 0.252 e. The van der Waals surface area contributed by atoms with E-state index in [1.54, 1.807) is 18.5 Å². The van der Waals surface area contributed by atoms with Gasteiger partial charge in [0.25, 0.3) is 5.91 Å². The second kappa shape index (κ2) is 5.91. The average molecular weight is 241 g/mol. The summed E-state index contributed by atoms with van der Waals surface area (Å²) >= 11 is 0. The zero-order valence-electron chi connectivity index (χ0n) is 10.3. The Morgan fingerprint density at radius 1 is 1.17 bits per heavy atom. The van der Waals surface area contributed by atoms with Gasteiger partial charge in [-0.05, 0) is 30.7 Å². The van der Waals surface area contributed by atoms with Crippen molar-refractivity contribution in [2.24, 2.45) is 0 Å². The van der Waals surface area contributed by atoms with E-state index in [9.17, 15) is 4.79 Å². The second-order valence-electron chi connectivity index (χ2n) is 3.90. The lowest BCUT2D eigenvalue weighted by Crippen LogP contribution is -2.24. The molecule has 0 saturated carbocycles. The third-order valence-corrected chi connectivity index (χ3v) is 2.49. The van der Waals surface area contributed by atoms with Crippen LogP contribution in [0.4, 0.5) is 0 Å². The number of carbonyl (C=O) groups excluding carboxylic acids is 1. The van der Waals surface area contributed by atoms with Gasteiger partial charge in [-0.15, -0.1) is 0 Å². The largest absolute Gasteiger partial charge is 0.352 e. The van der Waals surface area contributed by atoms with Gasteiger partial charge in [0, 0.05) is 18.9 Å². The summed E-state index contributed by atoms with van der Waals surface area (Å²) in [6.07, 6.45) is 4.22. The molecule has 0 fully saturated rings. The molecule has 18 heavy (non-hydrogen) atoms. The van der Waals surface area contributed by atoms with Crippen molar-refractivity contribution < 1.29 is 4.79 Å². The molecule has 0 aliphatic heterocycles. The Morgan fingerprint density at radius 3 is 2.61 bits per heavy atom. The molecule has 1 amide bonds. The third kappa shape index (κ3) is 2.91. The molecular weight excluding hydrogens is 226 g/mol. The lowest BCUT2D eigenvalue weighted by Gasteiger charge is -2.04. The quantitative estimate of drug-likeness (QED) is 0.893. The van der Waals surface area contributed by atoms with Crippen LogP contribution >= 0.6 is 0 Å². The van der Waals surface area contributed by atoms with Crippen molar-refractivity contribution in [1.29, 1.82) is 0 Å². The number of hydrogen-bond donors (Lipinski definition) is 1. The lowest BCUT2D eigenvalue weighted by molar-refractivity contribution is 0.0953. The lowest BCUT2D eigenvalue weighted by atomic mass is 10.2. The summed E-state index contributed by atoms with van der Waals surface area (Å²) in [4.78, 5) is 20.1. The maximum atomic E-state index is 11.7. The molecule has 0 atom stereocenters. The second-order valence-corrected chi connectivity index (χ2v) is 3.90. The van der Waals surface area contributed by atoms with Crippen LogP contribution in [-0.4, -0.2) is 22.4 Å². The van der Waals surface area contributed by atoms with Gasteiger partial charge >= 0.3 is 0 Å². The zero-order valence-corrected chi connectivity index (χ0v) is 10.3. The molecule has 0 spiro atoms. The van der Waals surface area contributed by atoms with Crippen LogP contribution in [0, 0.1) is 0 Å². The van der Waals surface area contributed by atoms with Crippen molar-refractivity contribution >= 4 is 5.91 Å². The SMILES string of the molecule is CCCNC(=O)c1ccc(-c2ccccn2)nc1. The number of pyridine rings is 2. The van der Waals surface area contributed by atoms with Gasteiger partial charge in [0.05, 0.1) is 17.0 Å². The highest BCUT2D eigenvalue weighted by Crippen LogP contribution is 2.13. The van der Waals surface area contributed by atoms with E-state index in [4.69, 9.17) is 0 Å². The minimum Gasteiger partial charge on any atom is -0.352 e. The minimum atomic E-state index is -0.0862. The molecule has 2 rings (SSSR count). The molecule has 0 aliphatic carbocycles. The molecule has 0 radical (unpaired) electrons. The first kappa shape index (κ1) is 12.2. The van der Waals surface area contributed by atoms with E-state index in [1.165, 1.54) is 0 Å². The van der Waals surface area contributed by atoms with Gasteiger partial charge in [-0.25, -0.2) is 0 Å². The molecule has 2 heterocycles. The van der Waals surface area contributed by atoms with Crippen LogP contribution in [0.2, 0.25) is 0 Å². The van der Waals surface area contributed by atoms with Crippen molar-refractivity contribution in [2.75, 3.05) is 6.54 Å². The van der Waals surface area contributed by atoms with Gasteiger partial charge < -0.3 is 5.32 Å². The fourth-order valence-corrected chi connectivity index (χ4v) is 1.53. The van der Waals surface area contributed by atoms with Crippen molar-refractivity contribution in [2.45, 2.75) is 13.3 Å². The Labute approximate surface area is 106 Å². The van der Waals surface area contributed by atoms with E-state index in [2.05, 4.69) is 15.3 Å². The van der Waals surface area contributed by atoms with Crippen LogP contribution in [0.15, 0.2) is 42.7 Å². The molecule has 92 valence electrons. The predicted octanol–water partition coefficient (Wildman–Crippen LogP) is 2.28. The number of nitrogens with zero attached hydrogens (tertiary/aromatic N) is 2. The van der Waals surface area contributed by atoms with E-state index in [0.717, 1.165) is 17.8 Å². The van der Waals surface area contributed by atoms with Gasteiger partial charge in [-0.3, -0.25) is 14.8 Å². The first-order chi connectivity index (χ1) is 8.81.